The number of amides is 1. The summed E-state index contributed by atoms with van der Waals surface area (Å²) in [5.74, 6) is -2.31. The molecule has 0 aromatic heterocycles. The first kappa shape index (κ1) is 23.1. The second-order valence-corrected chi connectivity index (χ2v) is 7.61. The van der Waals surface area contributed by atoms with Crippen LogP contribution in [0.5, 0.6) is 5.75 Å². The molecule has 0 fully saturated rings. The van der Waals surface area contributed by atoms with Crippen molar-refractivity contribution >= 4 is 52.4 Å². The van der Waals surface area contributed by atoms with Crippen molar-refractivity contribution in [1.29, 1.82) is 0 Å². The Balaban J connectivity index is 2.20. The van der Waals surface area contributed by atoms with Crippen molar-refractivity contribution < 1.29 is 23.8 Å². The molecule has 10 heteroatoms. The molecule has 0 saturated heterocycles. The predicted molar refractivity (Wildman–Crippen MR) is 111 cm³/mol. The van der Waals surface area contributed by atoms with Crippen molar-refractivity contribution in [3.05, 3.63) is 56.3 Å². The van der Waals surface area contributed by atoms with Crippen LogP contribution in [0.2, 0.25) is 15.1 Å². The Bertz CT molecular complexity index is 915. The first-order valence-electron chi connectivity index (χ1n) is 8.44. The summed E-state index contributed by atoms with van der Waals surface area (Å²) in [7, 11) is 0. The van der Waals surface area contributed by atoms with Crippen LogP contribution in [-0.2, 0) is 11.4 Å². The van der Waals surface area contributed by atoms with Gasteiger partial charge in [0.1, 0.15) is 13.2 Å². The maximum atomic E-state index is 14.7. The smallest absolute Gasteiger partial charge is 0.322 e. The number of carbonyl (C=O) groups excluding carboxylic acids is 1. The van der Waals surface area contributed by atoms with E-state index < -0.39 is 24.2 Å². The summed E-state index contributed by atoms with van der Waals surface area (Å²) in [6.45, 7) is 2.98. The van der Waals surface area contributed by atoms with E-state index in [1.165, 1.54) is 24.3 Å². The van der Waals surface area contributed by atoms with Crippen molar-refractivity contribution in [2.45, 2.75) is 26.5 Å². The van der Waals surface area contributed by atoms with Crippen molar-refractivity contribution in [2.75, 3.05) is 11.9 Å². The van der Waals surface area contributed by atoms with Gasteiger partial charge < -0.3 is 20.5 Å². The van der Waals surface area contributed by atoms with E-state index in [2.05, 4.69) is 10.6 Å². The fourth-order valence-electron chi connectivity index (χ4n) is 2.40. The highest BCUT2D eigenvalue weighted by Crippen LogP contribution is 2.35. The average molecular weight is 464 g/mol. The van der Waals surface area contributed by atoms with Crippen molar-refractivity contribution in [2.24, 2.45) is 0 Å². The standard InChI is InChI=1S/C19H18Cl3FN2O4/c1-9(2)25-15-6-12(20)3-11(17(15)23)8-29-18-13(21)4-10(5-14(18)22)19(28)24-7-16(26)27/h3-6,9,25H,7-8H2,1-2H3,(H,24,28)(H,26,27). The molecule has 156 valence electrons. The fourth-order valence-corrected chi connectivity index (χ4v) is 3.24. The first-order chi connectivity index (χ1) is 13.6. The Morgan fingerprint density at radius 3 is 2.31 bits per heavy atom. The number of anilines is 1. The Morgan fingerprint density at radius 1 is 1.14 bits per heavy atom. The number of carboxylic acids is 1. The van der Waals surface area contributed by atoms with Crippen LogP contribution in [0.15, 0.2) is 24.3 Å². The molecule has 0 saturated carbocycles. The lowest BCUT2D eigenvalue weighted by Crippen LogP contribution is -2.29. The van der Waals surface area contributed by atoms with Crippen LogP contribution in [0, 0.1) is 5.82 Å². The Kier molecular flexibility index (Phi) is 7.96. The van der Waals surface area contributed by atoms with Crippen LogP contribution in [-0.4, -0.2) is 29.6 Å². The highest BCUT2D eigenvalue weighted by atomic mass is 35.5. The van der Waals surface area contributed by atoms with Gasteiger partial charge in [0.15, 0.2) is 11.6 Å². The van der Waals surface area contributed by atoms with Crippen LogP contribution >= 0.6 is 34.8 Å². The maximum Gasteiger partial charge on any atom is 0.322 e. The summed E-state index contributed by atoms with van der Waals surface area (Å²) in [6, 6.07) is 5.46. The number of nitrogens with one attached hydrogen (secondary N) is 2. The molecule has 0 radical (unpaired) electrons. The Morgan fingerprint density at radius 2 is 1.76 bits per heavy atom. The summed E-state index contributed by atoms with van der Waals surface area (Å²) < 4.78 is 20.2. The number of benzene rings is 2. The molecule has 0 bridgehead atoms. The van der Waals surface area contributed by atoms with E-state index in [0.717, 1.165) is 0 Å². The van der Waals surface area contributed by atoms with Gasteiger partial charge in [-0.05, 0) is 38.1 Å². The Hall–Kier alpha value is -2.22. The molecule has 0 heterocycles. The number of aliphatic carboxylic acids is 1. The third-order valence-corrected chi connectivity index (χ3v) is 4.37. The van der Waals surface area contributed by atoms with E-state index in [1.54, 1.807) is 0 Å². The molecule has 0 atom stereocenters. The maximum absolute atomic E-state index is 14.7. The van der Waals surface area contributed by atoms with Crippen molar-refractivity contribution in [3.8, 4) is 5.75 Å². The Labute approximate surface area is 181 Å². The predicted octanol–water partition coefficient (Wildman–Crippen LogP) is 5.00. The summed E-state index contributed by atoms with van der Waals surface area (Å²) in [6.07, 6.45) is 0. The van der Waals surface area contributed by atoms with Gasteiger partial charge in [0.05, 0.1) is 15.7 Å². The molecule has 3 N–H and O–H groups in total. The van der Waals surface area contributed by atoms with E-state index in [9.17, 15) is 14.0 Å². The molecule has 0 unspecified atom stereocenters. The topological polar surface area (TPSA) is 87.7 Å². The molecule has 1 amide bonds. The van der Waals surface area contributed by atoms with Crippen LogP contribution < -0.4 is 15.4 Å². The monoisotopic (exact) mass is 462 g/mol. The molecule has 0 aliphatic heterocycles. The number of halogens is 4. The summed E-state index contributed by atoms with van der Waals surface area (Å²) >= 11 is 18.3. The minimum atomic E-state index is -1.19. The molecule has 2 rings (SSSR count). The first-order valence-corrected chi connectivity index (χ1v) is 9.58. The zero-order chi connectivity index (χ0) is 21.7. The number of carboxylic acid groups (broad SMARTS) is 1. The van der Waals surface area contributed by atoms with Crippen LogP contribution in [0.1, 0.15) is 29.8 Å². The molecule has 0 aliphatic rings. The van der Waals surface area contributed by atoms with E-state index in [0.29, 0.717) is 5.02 Å². The average Bonchev–Trinajstić information content (AvgIpc) is 2.61. The van der Waals surface area contributed by atoms with Gasteiger partial charge in [0.2, 0.25) is 0 Å². The summed E-state index contributed by atoms with van der Waals surface area (Å²) in [5, 5.41) is 14.1. The molecule has 0 spiro atoms. The molecule has 0 aliphatic carbocycles. The van der Waals surface area contributed by atoms with Crippen LogP contribution in [0.4, 0.5) is 10.1 Å². The lowest BCUT2D eigenvalue weighted by Gasteiger charge is -2.16. The zero-order valence-corrected chi connectivity index (χ0v) is 17.8. The van der Waals surface area contributed by atoms with Gasteiger partial charge in [-0.2, -0.15) is 0 Å². The minimum absolute atomic E-state index is 0.000409. The highest BCUT2D eigenvalue weighted by molar-refractivity contribution is 6.37. The third-order valence-electron chi connectivity index (χ3n) is 3.59. The number of hydrogen-bond donors (Lipinski definition) is 3. The van der Waals surface area contributed by atoms with Gasteiger partial charge in [-0.25, -0.2) is 4.39 Å². The number of ether oxygens (including phenoxy) is 1. The number of rotatable bonds is 8. The quantitative estimate of drug-likeness (QED) is 0.513. The van der Waals surface area contributed by atoms with E-state index >= 15 is 0 Å². The van der Waals surface area contributed by atoms with Crippen molar-refractivity contribution in [1.82, 2.24) is 5.32 Å². The van der Waals surface area contributed by atoms with Gasteiger partial charge in [0.25, 0.3) is 5.91 Å². The lowest BCUT2D eigenvalue weighted by molar-refractivity contribution is -0.135. The fraction of sp³-hybridized carbons (Fsp3) is 0.263. The highest BCUT2D eigenvalue weighted by Gasteiger charge is 2.17. The molecule has 2 aromatic carbocycles. The van der Waals surface area contributed by atoms with Crippen LogP contribution in [0.3, 0.4) is 0 Å². The van der Waals surface area contributed by atoms with Gasteiger partial charge in [0, 0.05) is 22.2 Å². The molecular formula is C19H18Cl3FN2O4. The van der Waals surface area contributed by atoms with E-state index in [-0.39, 0.29) is 45.3 Å². The summed E-state index contributed by atoms with van der Waals surface area (Å²) in [4.78, 5) is 22.5. The van der Waals surface area contributed by atoms with E-state index in [1.807, 2.05) is 13.8 Å². The molecule has 2 aromatic rings. The molecule has 6 nitrogen and oxygen atoms in total. The molecular weight excluding hydrogens is 446 g/mol. The largest absolute Gasteiger partial charge is 0.486 e. The van der Waals surface area contributed by atoms with Gasteiger partial charge in [-0.15, -0.1) is 0 Å². The van der Waals surface area contributed by atoms with Crippen molar-refractivity contribution in [3.63, 3.8) is 0 Å². The van der Waals surface area contributed by atoms with E-state index in [4.69, 9.17) is 44.6 Å². The normalized spacial score (nSPS) is 10.7. The second-order valence-electron chi connectivity index (χ2n) is 6.36. The number of carbonyl (C=O) groups is 2. The second kappa shape index (κ2) is 10.0. The molecule has 29 heavy (non-hydrogen) atoms. The summed E-state index contributed by atoms with van der Waals surface area (Å²) in [5.41, 5.74) is 0.496. The lowest BCUT2D eigenvalue weighted by atomic mass is 10.1. The third kappa shape index (κ3) is 6.39. The van der Waals surface area contributed by atoms with Gasteiger partial charge >= 0.3 is 5.97 Å². The van der Waals surface area contributed by atoms with Gasteiger partial charge in [-0.1, -0.05) is 34.8 Å². The minimum Gasteiger partial charge on any atom is -0.486 e. The zero-order valence-electron chi connectivity index (χ0n) is 15.5. The SMILES string of the molecule is CC(C)Nc1cc(Cl)cc(COc2c(Cl)cc(C(=O)NCC(=O)O)cc2Cl)c1F. The van der Waals surface area contributed by atoms with Gasteiger partial charge in [-0.3, -0.25) is 9.59 Å². The number of hydrogen-bond acceptors (Lipinski definition) is 4. The van der Waals surface area contributed by atoms with Crippen LogP contribution in [0.25, 0.3) is 0 Å².